The number of nitrogens with one attached hydrogen (secondary N) is 2. The lowest BCUT2D eigenvalue weighted by Gasteiger charge is -2.12. The minimum absolute atomic E-state index is 0.476. The predicted octanol–water partition coefficient (Wildman–Crippen LogP) is 2.34. The first-order chi connectivity index (χ1) is 8.56. The number of hydrazine groups is 1. The van der Waals surface area contributed by atoms with Gasteiger partial charge in [-0.2, -0.15) is 0 Å². The fourth-order valence-electron chi connectivity index (χ4n) is 1.25. The number of nitrogens with zero attached hydrogens (tertiary/aromatic N) is 1. The zero-order valence-electron chi connectivity index (χ0n) is 10.8. The largest absolute Gasteiger partial charge is 0.497 e. The van der Waals surface area contributed by atoms with Gasteiger partial charge in [0.1, 0.15) is 5.75 Å². The van der Waals surface area contributed by atoms with E-state index >= 15 is 0 Å². The average Bonchev–Trinajstić information content (AvgIpc) is 2.36. The molecule has 1 aromatic rings. The summed E-state index contributed by atoms with van der Waals surface area (Å²) in [7, 11) is 1.63. The van der Waals surface area contributed by atoms with Gasteiger partial charge in [0.15, 0.2) is 0 Å². The van der Waals surface area contributed by atoms with Crippen LogP contribution in [0.1, 0.15) is 13.8 Å². The minimum Gasteiger partial charge on any atom is -0.497 e. The van der Waals surface area contributed by atoms with E-state index in [-0.39, 0.29) is 0 Å². The van der Waals surface area contributed by atoms with Crippen LogP contribution in [0.3, 0.4) is 0 Å². The fraction of sp³-hybridized carbons (Fsp3) is 0.417. The van der Waals surface area contributed by atoms with E-state index in [0.717, 1.165) is 15.9 Å². The third-order valence-electron chi connectivity index (χ3n) is 2.18. The fourth-order valence-corrected chi connectivity index (χ4v) is 1.60. The van der Waals surface area contributed by atoms with Crippen LogP contribution in [0.25, 0.3) is 0 Å². The Labute approximate surface area is 116 Å². The number of halogens is 1. The zero-order valence-corrected chi connectivity index (χ0v) is 12.4. The summed E-state index contributed by atoms with van der Waals surface area (Å²) in [6.45, 7) is 4.90. The molecule has 0 amide bonds. The Morgan fingerprint density at radius 3 is 2.78 bits per heavy atom. The quantitative estimate of drug-likeness (QED) is 0.345. The maximum absolute atomic E-state index is 5.44. The summed E-state index contributed by atoms with van der Waals surface area (Å²) in [5, 5.41) is 3.11. The van der Waals surface area contributed by atoms with E-state index in [1.54, 1.807) is 7.11 Å². The molecule has 18 heavy (non-hydrogen) atoms. The summed E-state index contributed by atoms with van der Waals surface area (Å²) < 4.78 is 6.08. The molecule has 0 atom stereocenters. The van der Waals surface area contributed by atoms with Gasteiger partial charge in [0.05, 0.1) is 12.8 Å². The van der Waals surface area contributed by atoms with Gasteiger partial charge in [-0.15, -0.1) is 0 Å². The molecular formula is C12H19BrN4O. The molecule has 6 heteroatoms. The van der Waals surface area contributed by atoms with Gasteiger partial charge in [0.2, 0.25) is 5.96 Å². The molecule has 100 valence electrons. The van der Waals surface area contributed by atoms with Crippen molar-refractivity contribution in [1.29, 1.82) is 0 Å². The number of anilines is 1. The Morgan fingerprint density at radius 2 is 2.22 bits per heavy atom. The first-order valence-electron chi connectivity index (χ1n) is 5.68. The molecule has 0 aromatic heterocycles. The van der Waals surface area contributed by atoms with Crippen molar-refractivity contribution in [3.63, 3.8) is 0 Å². The van der Waals surface area contributed by atoms with Gasteiger partial charge in [0, 0.05) is 17.1 Å². The first kappa shape index (κ1) is 14.8. The molecule has 0 saturated carbocycles. The van der Waals surface area contributed by atoms with E-state index in [0.29, 0.717) is 18.4 Å². The molecule has 4 N–H and O–H groups in total. The van der Waals surface area contributed by atoms with Gasteiger partial charge in [0.25, 0.3) is 0 Å². The van der Waals surface area contributed by atoms with Crippen molar-refractivity contribution in [2.24, 2.45) is 16.8 Å². The molecule has 0 aliphatic rings. The van der Waals surface area contributed by atoms with E-state index in [1.165, 1.54) is 0 Å². The summed E-state index contributed by atoms with van der Waals surface area (Å²) in [4.78, 5) is 4.34. The van der Waals surface area contributed by atoms with Gasteiger partial charge in [-0.05, 0) is 34.0 Å². The van der Waals surface area contributed by atoms with Crippen LogP contribution < -0.4 is 21.3 Å². The summed E-state index contributed by atoms with van der Waals surface area (Å²) in [6.07, 6.45) is 0. The number of aliphatic imine (C=N–C) groups is 1. The van der Waals surface area contributed by atoms with Crippen LogP contribution in [0.15, 0.2) is 27.7 Å². The highest BCUT2D eigenvalue weighted by atomic mass is 79.9. The molecule has 1 aromatic carbocycles. The lowest BCUT2D eigenvalue weighted by molar-refractivity contribution is 0.415. The maximum atomic E-state index is 5.44. The molecule has 0 bridgehead atoms. The first-order valence-corrected chi connectivity index (χ1v) is 6.47. The van der Waals surface area contributed by atoms with Crippen molar-refractivity contribution in [2.45, 2.75) is 13.8 Å². The van der Waals surface area contributed by atoms with Gasteiger partial charge < -0.3 is 10.1 Å². The third-order valence-corrected chi connectivity index (χ3v) is 2.87. The molecule has 5 nitrogen and oxygen atoms in total. The summed E-state index contributed by atoms with van der Waals surface area (Å²) >= 11 is 3.46. The predicted molar refractivity (Wildman–Crippen MR) is 78.8 cm³/mol. The summed E-state index contributed by atoms with van der Waals surface area (Å²) in [5.74, 6) is 7.20. The summed E-state index contributed by atoms with van der Waals surface area (Å²) in [5.41, 5.74) is 3.39. The number of nitrogens with two attached hydrogens (primary N) is 1. The van der Waals surface area contributed by atoms with Crippen LogP contribution in [-0.4, -0.2) is 19.6 Å². The molecule has 0 saturated heterocycles. The molecular weight excluding hydrogens is 296 g/mol. The summed E-state index contributed by atoms with van der Waals surface area (Å²) in [6, 6.07) is 5.64. The maximum Gasteiger partial charge on any atom is 0.210 e. The smallest absolute Gasteiger partial charge is 0.210 e. The number of benzene rings is 1. The Morgan fingerprint density at radius 1 is 1.50 bits per heavy atom. The van der Waals surface area contributed by atoms with Crippen molar-refractivity contribution >= 4 is 27.6 Å². The van der Waals surface area contributed by atoms with E-state index in [2.05, 4.69) is 45.5 Å². The van der Waals surface area contributed by atoms with Crippen LogP contribution in [0.2, 0.25) is 0 Å². The highest BCUT2D eigenvalue weighted by Crippen LogP contribution is 2.26. The average molecular weight is 315 g/mol. The van der Waals surface area contributed by atoms with Crippen LogP contribution >= 0.6 is 15.9 Å². The molecule has 1 rings (SSSR count). The third kappa shape index (κ3) is 4.54. The van der Waals surface area contributed by atoms with Crippen LogP contribution in [0.5, 0.6) is 5.75 Å². The second kappa shape index (κ2) is 7.23. The van der Waals surface area contributed by atoms with Gasteiger partial charge in [-0.25, -0.2) is 5.84 Å². The van der Waals surface area contributed by atoms with Crippen molar-refractivity contribution in [1.82, 2.24) is 5.43 Å². The lowest BCUT2D eigenvalue weighted by Crippen LogP contribution is -2.36. The van der Waals surface area contributed by atoms with E-state index < -0.39 is 0 Å². The number of guanidine groups is 1. The molecule has 0 fully saturated rings. The zero-order chi connectivity index (χ0) is 13.5. The van der Waals surface area contributed by atoms with E-state index in [9.17, 15) is 0 Å². The Hall–Kier alpha value is -1.27. The number of hydrogen-bond donors (Lipinski definition) is 3. The van der Waals surface area contributed by atoms with E-state index in [4.69, 9.17) is 10.6 Å². The van der Waals surface area contributed by atoms with E-state index in [1.807, 2.05) is 18.2 Å². The number of hydrogen-bond acceptors (Lipinski definition) is 3. The molecule has 0 aliphatic heterocycles. The number of rotatable bonds is 4. The monoisotopic (exact) mass is 314 g/mol. The second-order valence-electron chi connectivity index (χ2n) is 4.20. The molecule has 0 heterocycles. The standard InChI is InChI=1S/C12H19BrN4O/c1-8(2)7-15-12(17-14)16-11-6-9(18-3)4-5-10(11)13/h4-6,8H,7,14H2,1-3H3,(H2,15,16,17). The number of ether oxygens (including phenoxy) is 1. The SMILES string of the molecule is COc1ccc(Br)c(NC(=NCC(C)C)NN)c1. The van der Waals surface area contributed by atoms with Crippen molar-refractivity contribution in [2.75, 3.05) is 19.0 Å². The Kier molecular flexibility index (Phi) is 5.94. The Balaban J connectivity index is 2.84. The minimum atomic E-state index is 0.476. The molecule has 0 radical (unpaired) electrons. The van der Waals surface area contributed by atoms with Crippen molar-refractivity contribution in [3.8, 4) is 5.75 Å². The highest BCUT2D eigenvalue weighted by molar-refractivity contribution is 9.10. The van der Waals surface area contributed by atoms with Gasteiger partial charge >= 0.3 is 0 Å². The van der Waals surface area contributed by atoms with Crippen LogP contribution in [0, 0.1) is 5.92 Å². The number of methoxy groups -OCH3 is 1. The highest BCUT2D eigenvalue weighted by Gasteiger charge is 2.05. The van der Waals surface area contributed by atoms with Crippen LogP contribution in [-0.2, 0) is 0 Å². The topological polar surface area (TPSA) is 71.7 Å². The van der Waals surface area contributed by atoms with Crippen LogP contribution in [0.4, 0.5) is 5.69 Å². The molecule has 0 aliphatic carbocycles. The van der Waals surface area contributed by atoms with Crippen molar-refractivity contribution in [3.05, 3.63) is 22.7 Å². The second-order valence-corrected chi connectivity index (χ2v) is 5.05. The normalized spacial score (nSPS) is 11.6. The van der Waals surface area contributed by atoms with Gasteiger partial charge in [-0.3, -0.25) is 10.4 Å². The van der Waals surface area contributed by atoms with Crippen molar-refractivity contribution < 1.29 is 4.74 Å². The molecule has 0 spiro atoms. The Bertz CT molecular complexity index is 421. The molecule has 0 unspecified atom stereocenters. The lowest BCUT2D eigenvalue weighted by atomic mass is 10.2. The van der Waals surface area contributed by atoms with Gasteiger partial charge in [-0.1, -0.05) is 13.8 Å².